The van der Waals surface area contributed by atoms with Crippen molar-refractivity contribution in [1.29, 1.82) is 0 Å². The van der Waals surface area contributed by atoms with E-state index in [-0.39, 0.29) is 22.9 Å². The highest BCUT2D eigenvalue weighted by molar-refractivity contribution is 7.92. The van der Waals surface area contributed by atoms with Gasteiger partial charge in [0.25, 0.3) is 10.0 Å². The maximum absolute atomic E-state index is 15.0. The minimum absolute atomic E-state index is 0.0847. The fraction of sp³-hybridized carbons (Fsp3) is 0.250. The van der Waals surface area contributed by atoms with Gasteiger partial charge in [-0.1, -0.05) is 12.1 Å². The molecule has 0 aliphatic carbocycles. The van der Waals surface area contributed by atoms with Crippen LogP contribution in [0.3, 0.4) is 0 Å². The summed E-state index contributed by atoms with van der Waals surface area (Å²) in [5.74, 6) is 0.999. The molecule has 1 aliphatic heterocycles. The lowest BCUT2D eigenvalue weighted by Crippen LogP contribution is -2.38. The van der Waals surface area contributed by atoms with Crippen molar-refractivity contribution in [3.63, 3.8) is 0 Å². The highest BCUT2D eigenvalue weighted by atomic mass is 32.2. The molecule has 5 aromatic carbocycles. The number of nitrogens with zero attached hydrogens (tertiary/aromatic N) is 3. The summed E-state index contributed by atoms with van der Waals surface area (Å²) in [7, 11) is -1.65. The zero-order valence-electron chi connectivity index (χ0n) is 37.2. The van der Waals surface area contributed by atoms with Crippen LogP contribution in [-0.2, 0) is 20.9 Å². The van der Waals surface area contributed by atoms with Crippen LogP contribution in [0.4, 0.5) is 33.3 Å². The molecule has 1 aliphatic rings. The number of nitrogens with two attached hydrogens (primary N) is 2. The third-order valence-corrected chi connectivity index (χ3v) is 11.9. The molecule has 0 saturated carbocycles. The van der Waals surface area contributed by atoms with E-state index < -0.39 is 38.3 Å². The SMILES string of the molecule is COc1cc2c(Oc3ccc(N)cc3F)ccnc2cc1OCCN1CCOCC1.COc1cc2c(Oc3ccc(NS(=O)(=O)c4ccccc4C(F)(F)F)cc3F)ccnc2cc1OCCCN. The Morgan fingerprint density at radius 3 is 1.81 bits per heavy atom. The number of methoxy groups -OCH3 is 2. The highest BCUT2D eigenvalue weighted by Gasteiger charge is 2.37. The Hall–Kier alpha value is -7.20. The lowest BCUT2D eigenvalue weighted by Gasteiger charge is -2.26. The van der Waals surface area contributed by atoms with Gasteiger partial charge in [0.1, 0.15) is 18.1 Å². The molecule has 21 heteroatoms. The van der Waals surface area contributed by atoms with E-state index in [4.69, 9.17) is 44.6 Å². The van der Waals surface area contributed by atoms with E-state index in [1.54, 1.807) is 49.7 Å². The van der Waals surface area contributed by atoms with E-state index in [1.807, 2.05) is 4.72 Å². The van der Waals surface area contributed by atoms with Gasteiger partial charge in [-0.3, -0.25) is 19.6 Å². The van der Waals surface area contributed by atoms with Gasteiger partial charge in [0.05, 0.1) is 61.2 Å². The molecule has 69 heavy (non-hydrogen) atoms. The van der Waals surface area contributed by atoms with Crippen LogP contribution < -0.4 is 44.6 Å². The van der Waals surface area contributed by atoms with Crippen LogP contribution in [0, 0.1) is 11.6 Å². The Morgan fingerprint density at radius 2 is 1.26 bits per heavy atom. The van der Waals surface area contributed by atoms with Crippen LogP contribution >= 0.6 is 0 Å². The third-order valence-electron chi connectivity index (χ3n) is 10.4. The molecule has 5 N–H and O–H groups in total. The van der Waals surface area contributed by atoms with Gasteiger partial charge in [-0.25, -0.2) is 17.2 Å². The number of fused-ring (bicyclic) bond motifs is 2. The summed E-state index contributed by atoms with van der Waals surface area (Å²) in [6.45, 7) is 5.47. The Kier molecular flexibility index (Phi) is 16.0. The number of morpholine rings is 1. The fourth-order valence-corrected chi connectivity index (χ4v) is 8.26. The average molecular weight is 979 g/mol. The summed E-state index contributed by atoms with van der Waals surface area (Å²) in [4.78, 5) is 9.99. The van der Waals surface area contributed by atoms with Gasteiger partial charge in [-0.2, -0.15) is 13.2 Å². The molecule has 0 amide bonds. The van der Waals surface area contributed by atoms with Gasteiger partial charge in [-0.15, -0.1) is 0 Å². The molecule has 3 heterocycles. The number of hydrogen-bond donors (Lipinski definition) is 3. The smallest absolute Gasteiger partial charge is 0.417 e. The second-order valence-corrected chi connectivity index (χ2v) is 16.7. The molecule has 15 nitrogen and oxygen atoms in total. The second kappa shape index (κ2) is 22.3. The van der Waals surface area contributed by atoms with E-state index in [0.29, 0.717) is 88.5 Å². The summed E-state index contributed by atoms with van der Waals surface area (Å²) < 4.78 is 136. The van der Waals surface area contributed by atoms with E-state index in [2.05, 4.69) is 14.9 Å². The molecular weight excluding hydrogens is 932 g/mol. The summed E-state index contributed by atoms with van der Waals surface area (Å²) >= 11 is 0. The molecule has 2 aromatic heterocycles. The van der Waals surface area contributed by atoms with E-state index in [0.717, 1.165) is 63.2 Å². The number of anilines is 2. The Morgan fingerprint density at radius 1 is 0.696 bits per heavy atom. The van der Waals surface area contributed by atoms with Crippen molar-refractivity contribution >= 4 is 43.2 Å². The van der Waals surface area contributed by atoms with Crippen molar-refractivity contribution in [2.75, 3.05) is 77.3 Å². The quantitative estimate of drug-likeness (QED) is 0.0444. The average Bonchev–Trinajstić information content (AvgIpc) is 3.33. The number of ether oxygens (including phenoxy) is 7. The first-order valence-electron chi connectivity index (χ1n) is 21.3. The molecule has 0 radical (unpaired) electrons. The van der Waals surface area contributed by atoms with Crippen molar-refractivity contribution in [1.82, 2.24) is 14.9 Å². The van der Waals surface area contributed by atoms with Crippen molar-refractivity contribution in [2.45, 2.75) is 17.5 Å². The maximum Gasteiger partial charge on any atom is 0.417 e. The first-order chi connectivity index (χ1) is 33.2. The molecule has 0 atom stereocenters. The molecule has 1 fully saturated rings. The van der Waals surface area contributed by atoms with Gasteiger partial charge in [0, 0.05) is 72.8 Å². The minimum atomic E-state index is -4.90. The number of benzene rings is 5. The Bertz CT molecular complexity index is 3020. The predicted octanol–water partition coefficient (Wildman–Crippen LogP) is 9.19. The molecule has 7 aromatic rings. The molecule has 364 valence electrons. The summed E-state index contributed by atoms with van der Waals surface area (Å²) in [6, 6.07) is 21.1. The number of alkyl halides is 3. The van der Waals surface area contributed by atoms with Gasteiger partial charge in [0.2, 0.25) is 0 Å². The third kappa shape index (κ3) is 12.5. The molecular formula is C48H47F5N6O9S. The lowest BCUT2D eigenvalue weighted by molar-refractivity contribution is -0.139. The molecule has 1 saturated heterocycles. The molecule has 0 unspecified atom stereocenters. The number of hydrogen-bond acceptors (Lipinski definition) is 14. The van der Waals surface area contributed by atoms with Crippen molar-refractivity contribution in [2.24, 2.45) is 5.73 Å². The Balaban J connectivity index is 0.000000211. The monoisotopic (exact) mass is 978 g/mol. The van der Waals surface area contributed by atoms with Crippen LogP contribution in [0.1, 0.15) is 12.0 Å². The number of sulfonamides is 1. The molecule has 0 bridgehead atoms. The topological polar surface area (TPSA) is 192 Å². The van der Waals surface area contributed by atoms with Crippen LogP contribution in [0.5, 0.6) is 46.0 Å². The normalized spacial score (nSPS) is 13.0. The van der Waals surface area contributed by atoms with Crippen LogP contribution in [0.15, 0.2) is 114 Å². The highest BCUT2D eigenvalue weighted by Crippen LogP contribution is 2.40. The van der Waals surface area contributed by atoms with E-state index in [1.165, 1.54) is 37.6 Å². The van der Waals surface area contributed by atoms with Crippen molar-refractivity contribution < 1.29 is 63.5 Å². The molecule has 0 spiro atoms. The van der Waals surface area contributed by atoms with Crippen molar-refractivity contribution in [3.05, 3.63) is 127 Å². The fourth-order valence-electron chi connectivity index (χ4n) is 6.98. The van der Waals surface area contributed by atoms with Gasteiger partial charge in [-0.05, 0) is 73.6 Å². The summed E-state index contributed by atoms with van der Waals surface area (Å²) in [6.07, 6.45) is -1.21. The zero-order chi connectivity index (χ0) is 49.1. The lowest BCUT2D eigenvalue weighted by atomic mass is 10.1. The Labute approximate surface area is 393 Å². The standard InChI is InChI=1S/C26H23F4N3O5S.C22H24FN3O4/c1-36-23-14-17-20(15-24(23)37-12-4-10-31)32-11-9-21(17)38-22-8-7-16(13-19(22)27)33-39(34,35)25-6-3-2-5-18(25)26(28,29)30;1-27-21-13-16-18(14-22(21)29-11-8-26-6-9-28-10-7-26)25-5-4-19(16)30-20-3-2-15(24)12-17(20)23/h2-3,5-9,11,13-15,33H,4,10,12,31H2,1H3;2-5,12-14H,6-11,24H2,1H3. The summed E-state index contributed by atoms with van der Waals surface area (Å²) in [5, 5.41) is 1.17. The maximum atomic E-state index is 15.0. The number of rotatable bonds is 17. The van der Waals surface area contributed by atoms with E-state index in [9.17, 15) is 30.4 Å². The number of nitrogen functional groups attached to an aromatic ring is 1. The predicted molar refractivity (Wildman–Crippen MR) is 248 cm³/mol. The van der Waals surface area contributed by atoms with Crippen LogP contribution in [0.2, 0.25) is 0 Å². The first kappa shape index (κ1) is 49.7. The number of pyridine rings is 2. The largest absolute Gasteiger partial charge is 0.493 e. The van der Waals surface area contributed by atoms with Crippen LogP contribution in [0.25, 0.3) is 21.8 Å². The number of nitrogens with one attached hydrogen (secondary N) is 1. The van der Waals surface area contributed by atoms with E-state index >= 15 is 0 Å². The van der Waals surface area contributed by atoms with Gasteiger partial charge < -0.3 is 44.6 Å². The number of aromatic nitrogens is 2. The van der Waals surface area contributed by atoms with Gasteiger partial charge in [0.15, 0.2) is 46.1 Å². The summed E-state index contributed by atoms with van der Waals surface area (Å²) in [5.41, 5.74) is 10.9. The second-order valence-electron chi connectivity index (χ2n) is 15.1. The van der Waals surface area contributed by atoms with Crippen LogP contribution in [-0.4, -0.2) is 90.1 Å². The molecule has 8 rings (SSSR count). The minimum Gasteiger partial charge on any atom is -0.493 e. The zero-order valence-corrected chi connectivity index (χ0v) is 38.0. The van der Waals surface area contributed by atoms with Crippen molar-refractivity contribution in [3.8, 4) is 46.0 Å². The number of halogens is 5. The van der Waals surface area contributed by atoms with Gasteiger partial charge >= 0.3 is 6.18 Å². The first-order valence-corrected chi connectivity index (χ1v) is 22.7.